The number of hydrogen-bond acceptors (Lipinski definition) is 6. The highest BCUT2D eigenvalue weighted by molar-refractivity contribution is 5.71. The van der Waals surface area contributed by atoms with E-state index in [1.54, 1.807) is 0 Å². The summed E-state index contributed by atoms with van der Waals surface area (Å²) in [6, 6.07) is 0. The lowest BCUT2D eigenvalue weighted by molar-refractivity contribution is -0.167. The predicted octanol–water partition coefficient (Wildman–Crippen LogP) is 14.2. The zero-order chi connectivity index (χ0) is 38.3. The van der Waals surface area contributed by atoms with Gasteiger partial charge < -0.3 is 14.2 Å². The monoisotopic (exact) mass is 737 g/mol. The molecule has 0 fully saturated rings. The van der Waals surface area contributed by atoms with Crippen LogP contribution in [0.2, 0.25) is 0 Å². The lowest BCUT2D eigenvalue weighted by atomic mass is 10.0. The van der Waals surface area contributed by atoms with Gasteiger partial charge >= 0.3 is 17.9 Å². The summed E-state index contributed by atoms with van der Waals surface area (Å²) in [5.41, 5.74) is 0. The van der Waals surface area contributed by atoms with Gasteiger partial charge in [0.25, 0.3) is 0 Å². The molecule has 0 aliphatic carbocycles. The molecule has 308 valence electrons. The Morgan fingerprint density at radius 2 is 0.635 bits per heavy atom. The van der Waals surface area contributed by atoms with Crippen molar-refractivity contribution in [3.05, 3.63) is 0 Å². The van der Waals surface area contributed by atoms with Gasteiger partial charge in [0, 0.05) is 19.3 Å². The Morgan fingerprint density at radius 1 is 0.365 bits per heavy atom. The van der Waals surface area contributed by atoms with E-state index in [1.807, 2.05) is 0 Å². The molecule has 0 aliphatic heterocycles. The van der Waals surface area contributed by atoms with E-state index in [4.69, 9.17) is 14.2 Å². The molecule has 0 N–H and O–H groups in total. The Morgan fingerprint density at radius 3 is 0.942 bits per heavy atom. The number of ether oxygens (including phenoxy) is 3. The van der Waals surface area contributed by atoms with Crippen LogP contribution < -0.4 is 0 Å². The zero-order valence-electron chi connectivity index (χ0n) is 35.4. The number of carbonyl (C=O) groups is 3. The molecular weight excluding hydrogens is 648 g/mol. The minimum absolute atomic E-state index is 0.0654. The van der Waals surface area contributed by atoms with Crippen molar-refractivity contribution >= 4 is 17.9 Å². The molecular formula is C46H88O6. The van der Waals surface area contributed by atoms with E-state index in [0.29, 0.717) is 19.3 Å². The summed E-state index contributed by atoms with van der Waals surface area (Å²) in [7, 11) is 0. The lowest BCUT2D eigenvalue weighted by Gasteiger charge is -2.18. The van der Waals surface area contributed by atoms with Crippen LogP contribution in [0.4, 0.5) is 0 Å². The maximum Gasteiger partial charge on any atom is 0.306 e. The third kappa shape index (κ3) is 39.6. The van der Waals surface area contributed by atoms with Crippen molar-refractivity contribution in [2.45, 2.75) is 253 Å². The van der Waals surface area contributed by atoms with E-state index in [1.165, 1.54) is 135 Å². The molecule has 0 rings (SSSR count). The first-order valence-corrected chi connectivity index (χ1v) is 22.7. The fourth-order valence-electron chi connectivity index (χ4n) is 6.75. The molecule has 0 radical (unpaired) electrons. The smallest absolute Gasteiger partial charge is 0.306 e. The first kappa shape index (κ1) is 50.4. The summed E-state index contributed by atoms with van der Waals surface area (Å²) in [5.74, 6) is 0.745. The fourth-order valence-corrected chi connectivity index (χ4v) is 6.75. The van der Waals surface area contributed by atoms with E-state index in [9.17, 15) is 14.4 Å². The standard InChI is InChI=1S/C46H88O6/c1-6-7-8-9-10-11-12-15-23-28-33-38-46(49)52-43(40-51-45(48)37-32-27-22-18-17-20-25-30-35-42(4)5)39-50-44(47)36-31-26-21-16-13-14-19-24-29-34-41(2)3/h41-43H,6-40H2,1-5H3/t43-/m1/s1. The van der Waals surface area contributed by atoms with Gasteiger partial charge in [-0.1, -0.05) is 208 Å². The van der Waals surface area contributed by atoms with Crippen molar-refractivity contribution in [1.29, 1.82) is 0 Å². The molecule has 0 heterocycles. The first-order chi connectivity index (χ1) is 25.2. The van der Waals surface area contributed by atoms with Crippen molar-refractivity contribution in [3.8, 4) is 0 Å². The van der Waals surface area contributed by atoms with E-state index >= 15 is 0 Å². The van der Waals surface area contributed by atoms with Crippen LogP contribution in [0.5, 0.6) is 0 Å². The van der Waals surface area contributed by atoms with Gasteiger partial charge in [-0.15, -0.1) is 0 Å². The van der Waals surface area contributed by atoms with Gasteiger partial charge in [0.05, 0.1) is 0 Å². The predicted molar refractivity (Wildman–Crippen MR) is 220 cm³/mol. The molecule has 0 spiro atoms. The molecule has 6 nitrogen and oxygen atoms in total. The molecule has 0 aliphatic rings. The van der Waals surface area contributed by atoms with Crippen LogP contribution in [0, 0.1) is 11.8 Å². The second-order valence-corrected chi connectivity index (χ2v) is 16.6. The van der Waals surface area contributed by atoms with E-state index in [0.717, 1.165) is 69.6 Å². The second kappa shape index (κ2) is 39.1. The van der Waals surface area contributed by atoms with E-state index < -0.39 is 6.10 Å². The molecule has 0 aromatic carbocycles. The van der Waals surface area contributed by atoms with Gasteiger partial charge in [0.1, 0.15) is 13.2 Å². The van der Waals surface area contributed by atoms with Crippen LogP contribution in [-0.2, 0) is 28.6 Å². The molecule has 0 amide bonds. The van der Waals surface area contributed by atoms with Crippen LogP contribution in [0.25, 0.3) is 0 Å². The van der Waals surface area contributed by atoms with Crippen molar-refractivity contribution in [2.75, 3.05) is 13.2 Å². The molecule has 0 saturated carbocycles. The Kier molecular flexibility index (Phi) is 37.9. The molecule has 6 heteroatoms. The van der Waals surface area contributed by atoms with Crippen molar-refractivity contribution in [3.63, 3.8) is 0 Å². The van der Waals surface area contributed by atoms with Crippen molar-refractivity contribution in [2.24, 2.45) is 11.8 Å². The topological polar surface area (TPSA) is 78.9 Å². The van der Waals surface area contributed by atoms with E-state index in [-0.39, 0.29) is 31.1 Å². The largest absolute Gasteiger partial charge is 0.462 e. The second-order valence-electron chi connectivity index (χ2n) is 16.6. The highest BCUT2D eigenvalue weighted by Crippen LogP contribution is 2.16. The summed E-state index contributed by atoms with van der Waals surface area (Å²) in [5, 5.41) is 0. The van der Waals surface area contributed by atoms with Crippen LogP contribution in [0.1, 0.15) is 247 Å². The van der Waals surface area contributed by atoms with Gasteiger partial charge in [-0.2, -0.15) is 0 Å². The third-order valence-electron chi connectivity index (χ3n) is 10.2. The molecule has 0 saturated heterocycles. The van der Waals surface area contributed by atoms with Crippen LogP contribution in [0.3, 0.4) is 0 Å². The van der Waals surface area contributed by atoms with Crippen molar-refractivity contribution < 1.29 is 28.6 Å². The molecule has 0 unspecified atom stereocenters. The Bertz CT molecular complexity index is 794. The first-order valence-electron chi connectivity index (χ1n) is 22.7. The average molecular weight is 737 g/mol. The number of rotatable bonds is 40. The van der Waals surface area contributed by atoms with Crippen LogP contribution in [0.15, 0.2) is 0 Å². The number of carbonyl (C=O) groups excluding carboxylic acids is 3. The van der Waals surface area contributed by atoms with Gasteiger partial charge in [-0.05, 0) is 31.1 Å². The highest BCUT2D eigenvalue weighted by Gasteiger charge is 2.19. The summed E-state index contributed by atoms with van der Waals surface area (Å²) < 4.78 is 16.7. The Balaban J connectivity index is 4.34. The van der Waals surface area contributed by atoms with Crippen LogP contribution >= 0.6 is 0 Å². The minimum Gasteiger partial charge on any atom is -0.462 e. The highest BCUT2D eigenvalue weighted by atomic mass is 16.6. The quantitative estimate of drug-likeness (QED) is 0.0354. The van der Waals surface area contributed by atoms with Gasteiger partial charge in [-0.3, -0.25) is 14.4 Å². The van der Waals surface area contributed by atoms with Gasteiger partial charge in [0.2, 0.25) is 0 Å². The lowest BCUT2D eigenvalue weighted by Crippen LogP contribution is -2.30. The average Bonchev–Trinajstić information content (AvgIpc) is 3.11. The molecule has 0 bridgehead atoms. The SMILES string of the molecule is CCCCCCCCCCCCCC(=O)O[C@H](COC(=O)CCCCCCCCCCCC(C)C)COC(=O)CCCCCCCCCCC(C)C. The zero-order valence-corrected chi connectivity index (χ0v) is 35.4. The maximum atomic E-state index is 12.7. The molecule has 1 atom stereocenters. The Hall–Kier alpha value is -1.59. The van der Waals surface area contributed by atoms with Crippen molar-refractivity contribution in [1.82, 2.24) is 0 Å². The number of hydrogen-bond donors (Lipinski definition) is 0. The maximum absolute atomic E-state index is 12.7. The van der Waals surface area contributed by atoms with E-state index in [2.05, 4.69) is 34.6 Å². The Labute approximate surface area is 323 Å². The summed E-state index contributed by atoms with van der Waals surface area (Å²) >= 11 is 0. The normalized spacial score (nSPS) is 12.1. The van der Waals surface area contributed by atoms with Crippen LogP contribution in [-0.4, -0.2) is 37.2 Å². The number of unbranched alkanes of at least 4 members (excludes halogenated alkanes) is 25. The minimum atomic E-state index is -0.760. The van der Waals surface area contributed by atoms with Gasteiger partial charge in [0.15, 0.2) is 6.10 Å². The summed E-state index contributed by atoms with van der Waals surface area (Å²) in [4.78, 5) is 37.7. The molecule has 52 heavy (non-hydrogen) atoms. The number of esters is 3. The summed E-state index contributed by atoms with van der Waals surface area (Å²) in [6.45, 7) is 11.3. The third-order valence-corrected chi connectivity index (χ3v) is 10.2. The fraction of sp³-hybridized carbons (Fsp3) is 0.935. The van der Waals surface area contributed by atoms with Gasteiger partial charge in [-0.25, -0.2) is 0 Å². The summed E-state index contributed by atoms with van der Waals surface area (Å²) in [6.07, 6.45) is 36.6. The molecule has 0 aromatic heterocycles. The molecule has 0 aromatic rings.